The molecule has 9 heteroatoms. The summed E-state index contributed by atoms with van der Waals surface area (Å²) in [7, 11) is 0. The van der Waals surface area contributed by atoms with Crippen molar-refractivity contribution in [1.29, 1.82) is 0 Å². The van der Waals surface area contributed by atoms with E-state index in [-0.39, 0.29) is 35.8 Å². The second-order valence-electron chi connectivity index (χ2n) is 7.48. The quantitative estimate of drug-likeness (QED) is 0.608. The fraction of sp³-hybridized carbons (Fsp3) is 0.350. The van der Waals surface area contributed by atoms with Crippen molar-refractivity contribution in [3.8, 4) is 0 Å². The number of nitrogens with two attached hydrogens (primary N) is 1. The van der Waals surface area contributed by atoms with Gasteiger partial charge in [0, 0.05) is 22.3 Å². The molecule has 1 atom stereocenters. The first-order valence-electron chi connectivity index (χ1n) is 9.56. The number of ketones is 1. The van der Waals surface area contributed by atoms with Gasteiger partial charge in [-0.2, -0.15) is 0 Å². The number of H-pyrrole nitrogens is 1. The van der Waals surface area contributed by atoms with Gasteiger partial charge in [0.25, 0.3) is 5.56 Å². The Morgan fingerprint density at radius 2 is 2.03 bits per heavy atom. The summed E-state index contributed by atoms with van der Waals surface area (Å²) in [5.41, 5.74) is 6.02. The summed E-state index contributed by atoms with van der Waals surface area (Å²) in [5, 5.41) is 4.12. The standard InChI is InChI=1S/C20H20N4O3S2/c21-18-16(19(26)22-20(27)24(18)11-3-4-11)13(25)10-23-7-5-14-12(6-9-29-14)17(23)15-2-1-8-28-15/h1-2,6,8-9,11,17H,3-5,7,10,21H2,(H,22,26,27)/t17-/m0/s1. The molecule has 0 spiro atoms. The maximum absolute atomic E-state index is 13.2. The summed E-state index contributed by atoms with van der Waals surface area (Å²) < 4.78 is 1.36. The number of nitrogen functional groups attached to an aromatic ring is 1. The van der Waals surface area contributed by atoms with E-state index in [0.717, 1.165) is 25.8 Å². The van der Waals surface area contributed by atoms with E-state index < -0.39 is 11.2 Å². The molecule has 5 rings (SSSR count). The van der Waals surface area contributed by atoms with Crippen molar-refractivity contribution in [3.63, 3.8) is 0 Å². The maximum atomic E-state index is 13.2. The van der Waals surface area contributed by atoms with Gasteiger partial charge < -0.3 is 5.73 Å². The lowest BCUT2D eigenvalue weighted by Crippen LogP contribution is -2.42. The van der Waals surface area contributed by atoms with Gasteiger partial charge in [0.15, 0.2) is 5.78 Å². The van der Waals surface area contributed by atoms with Crippen molar-refractivity contribution < 1.29 is 4.79 Å². The van der Waals surface area contributed by atoms with Gasteiger partial charge in [0.2, 0.25) is 0 Å². The lowest BCUT2D eigenvalue weighted by molar-refractivity contribution is 0.0901. The number of rotatable bonds is 5. The van der Waals surface area contributed by atoms with E-state index in [0.29, 0.717) is 0 Å². The third-order valence-corrected chi connectivity index (χ3v) is 7.52. The Morgan fingerprint density at radius 1 is 1.21 bits per heavy atom. The number of anilines is 1. The number of hydrogen-bond donors (Lipinski definition) is 2. The van der Waals surface area contributed by atoms with Crippen LogP contribution in [0.3, 0.4) is 0 Å². The fourth-order valence-electron chi connectivity index (χ4n) is 4.11. The van der Waals surface area contributed by atoms with Crippen molar-refractivity contribution in [2.75, 3.05) is 18.8 Å². The number of aromatic amines is 1. The first-order chi connectivity index (χ1) is 14.0. The Morgan fingerprint density at radius 3 is 2.76 bits per heavy atom. The predicted octanol–water partition coefficient (Wildman–Crippen LogP) is 2.41. The minimum atomic E-state index is -0.699. The molecule has 0 bridgehead atoms. The van der Waals surface area contributed by atoms with Crippen LogP contribution in [0.5, 0.6) is 0 Å². The first kappa shape index (κ1) is 18.5. The Labute approximate surface area is 174 Å². The molecule has 1 fully saturated rings. The molecule has 0 saturated heterocycles. The summed E-state index contributed by atoms with van der Waals surface area (Å²) in [6.07, 6.45) is 2.53. The smallest absolute Gasteiger partial charge is 0.330 e. The number of carbonyl (C=O) groups is 1. The monoisotopic (exact) mass is 428 g/mol. The van der Waals surface area contributed by atoms with Crippen molar-refractivity contribution >= 4 is 34.3 Å². The van der Waals surface area contributed by atoms with Crippen molar-refractivity contribution in [3.05, 3.63) is 70.7 Å². The molecule has 3 aromatic heterocycles. The van der Waals surface area contributed by atoms with Crippen LogP contribution in [0, 0.1) is 0 Å². The lowest BCUT2D eigenvalue weighted by Gasteiger charge is -2.35. The second-order valence-corrected chi connectivity index (χ2v) is 9.46. The molecule has 150 valence electrons. The number of hydrogen-bond acceptors (Lipinski definition) is 7. The van der Waals surface area contributed by atoms with E-state index in [9.17, 15) is 14.4 Å². The normalized spacial score (nSPS) is 19.2. The van der Waals surface area contributed by atoms with Gasteiger partial charge in [-0.15, -0.1) is 22.7 Å². The molecule has 3 aromatic rings. The molecule has 0 unspecified atom stereocenters. The van der Waals surface area contributed by atoms with E-state index >= 15 is 0 Å². The Kier molecular flexibility index (Phi) is 4.53. The summed E-state index contributed by atoms with van der Waals surface area (Å²) >= 11 is 3.40. The fourth-order valence-corrected chi connectivity index (χ4v) is 5.89. The zero-order valence-corrected chi connectivity index (χ0v) is 17.2. The Hall–Kier alpha value is -2.49. The summed E-state index contributed by atoms with van der Waals surface area (Å²) in [6.45, 7) is 0.801. The molecule has 29 heavy (non-hydrogen) atoms. The predicted molar refractivity (Wildman–Crippen MR) is 114 cm³/mol. The van der Waals surface area contributed by atoms with Crippen LogP contribution in [0.25, 0.3) is 0 Å². The third kappa shape index (κ3) is 3.19. The number of nitrogens with zero attached hydrogens (tertiary/aromatic N) is 2. The number of thiophene rings is 2. The van der Waals surface area contributed by atoms with Crippen molar-refractivity contribution in [2.45, 2.75) is 31.3 Å². The van der Waals surface area contributed by atoms with Crippen LogP contribution in [-0.2, 0) is 6.42 Å². The molecule has 1 aliphatic carbocycles. The molecular formula is C20H20N4O3S2. The summed E-state index contributed by atoms with van der Waals surface area (Å²) in [5.74, 6) is -0.356. The molecule has 4 heterocycles. The molecule has 2 aliphatic rings. The minimum absolute atomic E-state index is 0.00726. The average Bonchev–Trinajstić information content (AvgIpc) is 3.17. The zero-order valence-electron chi connectivity index (χ0n) is 15.6. The highest BCUT2D eigenvalue weighted by Gasteiger charge is 2.34. The van der Waals surface area contributed by atoms with E-state index in [1.807, 2.05) is 11.4 Å². The van der Waals surface area contributed by atoms with Gasteiger partial charge in [-0.05, 0) is 47.7 Å². The van der Waals surface area contributed by atoms with Crippen molar-refractivity contribution in [2.24, 2.45) is 0 Å². The highest BCUT2D eigenvalue weighted by Crippen LogP contribution is 2.39. The Balaban J connectivity index is 1.50. The number of carbonyl (C=O) groups excluding carboxylic acids is 1. The van der Waals surface area contributed by atoms with E-state index in [1.54, 1.807) is 22.7 Å². The number of nitrogens with one attached hydrogen (secondary N) is 1. The molecular weight excluding hydrogens is 408 g/mol. The lowest BCUT2D eigenvalue weighted by atomic mass is 9.97. The number of fused-ring (bicyclic) bond motifs is 1. The average molecular weight is 429 g/mol. The van der Waals surface area contributed by atoms with Crippen LogP contribution in [-0.4, -0.2) is 33.3 Å². The van der Waals surface area contributed by atoms with E-state index in [4.69, 9.17) is 5.73 Å². The molecule has 7 nitrogen and oxygen atoms in total. The molecule has 3 N–H and O–H groups in total. The van der Waals surface area contributed by atoms with Gasteiger partial charge in [-0.3, -0.25) is 24.0 Å². The Bertz CT molecular complexity index is 1190. The molecule has 0 aromatic carbocycles. The zero-order chi connectivity index (χ0) is 20.1. The van der Waals surface area contributed by atoms with Crippen LogP contribution in [0.15, 0.2) is 38.5 Å². The van der Waals surface area contributed by atoms with Crippen LogP contribution in [0.1, 0.15) is 50.6 Å². The summed E-state index contributed by atoms with van der Waals surface area (Å²) in [4.78, 5) is 44.6. The highest BCUT2D eigenvalue weighted by molar-refractivity contribution is 7.10. The van der Waals surface area contributed by atoms with Crippen LogP contribution >= 0.6 is 22.7 Å². The van der Waals surface area contributed by atoms with Crippen LogP contribution in [0.4, 0.5) is 5.82 Å². The largest absolute Gasteiger partial charge is 0.384 e. The van der Waals surface area contributed by atoms with Gasteiger partial charge in [0.05, 0.1) is 12.6 Å². The van der Waals surface area contributed by atoms with Gasteiger partial charge in [0.1, 0.15) is 11.4 Å². The van der Waals surface area contributed by atoms with Gasteiger partial charge in [-0.1, -0.05) is 6.07 Å². The van der Waals surface area contributed by atoms with Crippen molar-refractivity contribution in [1.82, 2.24) is 14.5 Å². The first-order valence-corrected chi connectivity index (χ1v) is 11.3. The van der Waals surface area contributed by atoms with Gasteiger partial charge >= 0.3 is 5.69 Å². The highest BCUT2D eigenvalue weighted by atomic mass is 32.1. The topological polar surface area (TPSA) is 101 Å². The SMILES string of the molecule is Nc1c(C(=O)CN2CCc3sccc3[C@H]2c2cccs2)c(=O)[nH]c(=O)n1C1CC1. The number of aromatic nitrogens is 2. The number of Topliss-reactive ketones (excluding diaryl/α,β-unsaturated/α-hetero) is 1. The third-order valence-electron chi connectivity index (χ3n) is 5.60. The summed E-state index contributed by atoms with van der Waals surface area (Å²) in [6, 6.07) is 6.18. The second kappa shape index (κ2) is 7.08. The molecule has 1 saturated carbocycles. The van der Waals surface area contributed by atoms with Crippen LogP contribution in [0.2, 0.25) is 0 Å². The van der Waals surface area contributed by atoms with E-state index in [1.165, 1.54) is 19.9 Å². The van der Waals surface area contributed by atoms with E-state index in [2.05, 4.69) is 27.4 Å². The van der Waals surface area contributed by atoms with Gasteiger partial charge in [-0.25, -0.2) is 4.79 Å². The maximum Gasteiger partial charge on any atom is 0.330 e. The molecule has 0 amide bonds. The molecule has 0 radical (unpaired) electrons. The van der Waals surface area contributed by atoms with Crippen LogP contribution < -0.4 is 17.0 Å². The molecule has 1 aliphatic heterocycles. The minimum Gasteiger partial charge on any atom is -0.384 e.